The van der Waals surface area contributed by atoms with Gasteiger partial charge in [0.05, 0.1) is 6.07 Å². The summed E-state index contributed by atoms with van der Waals surface area (Å²) in [5.74, 6) is 0. The van der Waals surface area contributed by atoms with Crippen LogP contribution in [-0.4, -0.2) is 33.4 Å². The van der Waals surface area contributed by atoms with Gasteiger partial charge in [0.25, 0.3) is 0 Å². The predicted octanol–water partition coefficient (Wildman–Crippen LogP) is 1.02. The van der Waals surface area contributed by atoms with E-state index < -0.39 is 15.3 Å². The molecule has 1 N–H and O–H groups in total. The molecule has 1 unspecified atom stereocenters. The fraction of sp³-hybridized carbons (Fsp3) is 0.900. The number of nitriles is 1. The van der Waals surface area contributed by atoms with Crippen molar-refractivity contribution in [3.63, 3.8) is 0 Å². The molecule has 0 saturated heterocycles. The fourth-order valence-electron chi connectivity index (χ4n) is 1.12. The van der Waals surface area contributed by atoms with Gasteiger partial charge >= 0.3 is 0 Å². The van der Waals surface area contributed by atoms with E-state index in [1.54, 1.807) is 13.0 Å². The second-order valence-electron chi connectivity index (χ2n) is 3.43. The van der Waals surface area contributed by atoms with Crippen molar-refractivity contribution in [2.75, 3.05) is 19.8 Å². The zero-order chi connectivity index (χ0) is 12.4. The van der Waals surface area contributed by atoms with Gasteiger partial charge in [0.2, 0.25) is 10.0 Å². The lowest BCUT2D eigenvalue weighted by Crippen LogP contribution is -2.34. The number of hydrogen-bond donors (Lipinski definition) is 1. The quantitative estimate of drug-likeness (QED) is 0.618. The first-order valence-electron chi connectivity index (χ1n) is 5.54. The topological polar surface area (TPSA) is 79.2 Å². The number of sulfonamides is 1. The first-order chi connectivity index (χ1) is 7.58. The first kappa shape index (κ1) is 15.4. The number of nitrogens with one attached hydrogen (secondary N) is 1. The van der Waals surface area contributed by atoms with Gasteiger partial charge in [-0.15, -0.1) is 0 Å². The molecule has 0 saturated carbocycles. The third-order valence-electron chi connectivity index (χ3n) is 2.01. The lowest BCUT2D eigenvalue weighted by atomic mass is 10.4. The van der Waals surface area contributed by atoms with Gasteiger partial charge in [-0.05, 0) is 19.3 Å². The monoisotopic (exact) mass is 248 g/mol. The molecule has 0 amide bonds. The molecule has 0 aromatic carbocycles. The second kappa shape index (κ2) is 8.50. The number of nitrogens with zero attached hydrogens (tertiary/aromatic N) is 1. The van der Waals surface area contributed by atoms with E-state index in [2.05, 4.69) is 4.72 Å². The summed E-state index contributed by atoms with van der Waals surface area (Å²) < 4.78 is 30.6. The van der Waals surface area contributed by atoms with Gasteiger partial charge in [0.15, 0.2) is 5.25 Å². The molecule has 5 nitrogen and oxygen atoms in total. The van der Waals surface area contributed by atoms with Gasteiger partial charge in [-0.3, -0.25) is 0 Å². The van der Waals surface area contributed by atoms with Crippen LogP contribution in [0.5, 0.6) is 0 Å². The van der Waals surface area contributed by atoms with Crippen LogP contribution in [-0.2, 0) is 14.8 Å². The third kappa shape index (κ3) is 6.05. The third-order valence-corrected chi connectivity index (χ3v) is 3.80. The lowest BCUT2D eigenvalue weighted by molar-refractivity contribution is 0.133. The normalized spacial score (nSPS) is 13.3. The fourth-order valence-corrected chi connectivity index (χ4v) is 2.32. The molecule has 6 heteroatoms. The van der Waals surface area contributed by atoms with Crippen LogP contribution in [0.25, 0.3) is 0 Å². The Balaban J connectivity index is 3.80. The van der Waals surface area contributed by atoms with Crippen molar-refractivity contribution in [2.45, 2.75) is 38.4 Å². The average molecular weight is 248 g/mol. The van der Waals surface area contributed by atoms with E-state index in [9.17, 15) is 8.42 Å². The Kier molecular flexibility index (Phi) is 8.16. The van der Waals surface area contributed by atoms with Crippen LogP contribution in [0, 0.1) is 11.3 Å². The minimum atomic E-state index is -3.48. The van der Waals surface area contributed by atoms with Crippen LogP contribution >= 0.6 is 0 Å². The van der Waals surface area contributed by atoms with Gasteiger partial charge < -0.3 is 4.74 Å². The Morgan fingerprint density at radius 1 is 1.38 bits per heavy atom. The standard InChI is InChI=1S/C10H20N2O3S/c1-3-7-15-8-5-6-12-16(13,14)10(4-2)9-11/h10,12H,3-8H2,1-2H3. The van der Waals surface area contributed by atoms with Crippen LogP contribution in [0.1, 0.15) is 33.1 Å². The van der Waals surface area contributed by atoms with E-state index in [-0.39, 0.29) is 0 Å². The summed E-state index contributed by atoms with van der Waals surface area (Å²) in [6, 6.07) is 1.77. The minimum absolute atomic E-state index is 0.304. The molecule has 0 aromatic heterocycles. The van der Waals surface area contributed by atoms with E-state index in [0.717, 1.165) is 6.42 Å². The van der Waals surface area contributed by atoms with Gasteiger partial charge in [0.1, 0.15) is 0 Å². The molecule has 0 aliphatic heterocycles. The summed E-state index contributed by atoms with van der Waals surface area (Å²) in [6.45, 7) is 5.26. The molecular weight excluding hydrogens is 228 g/mol. The highest BCUT2D eigenvalue weighted by Gasteiger charge is 2.22. The molecule has 0 bridgehead atoms. The van der Waals surface area contributed by atoms with Crippen molar-refractivity contribution in [1.82, 2.24) is 4.72 Å². The van der Waals surface area contributed by atoms with Crippen molar-refractivity contribution < 1.29 is 13.2 Å². The Morgan fingerprint density at radius 3 is 2.56 bits per heavy atom. The van der Waals surface area contributed by atoms with Crippen molar-refractivity contribution in [3.8, 4) is 6.07 Å². The molecule has 0 aliphatic carbocycles. The highest BCUT2D eigenvalue weighted by Crippen LogP contribution is 2.02. The van der Waals surface area contributed by atoms with Crippen LogP contribution < -0.4 is 4.72 Å². The highest BCUT2D eigenvalue weighted by molar-refractivity contribution is 7.90. The van der Waals surface area contributed by atoms with E-state index in [1.165, 1.54) is 0 Å². The average Bonchev–Trinajstić information content (AvgIpc) is 2.24. The molecule has 0 heterocycles. The predicted molar refractivity (Wildman–Crippen MR) is 62.3 cm³/mol. The zero-order valence-electron chi connectivity index (χ0n) is 9.90. The van der Waals surface area contributed by atoms with E-state index >= 15 is 0 Å². The smallest absolute Gasteiger partial charge is 0.227 e. The molecule has 0 spiro atoms. The van der Waals surface area contributed by atoms with E-state index in [0.29, 0.717) is 32.6 Å². The number of rotatable bonds is 9. The molecule has 94 valence electrons. The zero-order valence-corrected chi connectivity index (χ0v) is 10.7. The Bertz CT molecular complexity index is 309. The molecule has 0 fully saturated rings. The maximum Gasteiger partial charge on any atom is 0.227 e. The van der Waals surface area contributed by atoms with Gasteiger partial charge in [-0.2, -0.15) is 5.26 Å². The molecule has 0 radical (unpaired) electrons. The van der Waals surface area contributed by atoms with Gasteiger partial charge in [-0.1, -0.05) is 13.8 Å². The summed E-state index contributed by atoms with van der Waals surface area (Å²) >= 11 is 0. The maximum atomic E-state index is 11.5. The number of ether oxygens (including phenoxy) is 1. The maximum absolute atomic E-state index is 11.5. The number of hydrogen-bond acceptors (Lipinski definition) is 4. The molecular formula is C10H20N2O3S. The van der Waals surface area contributed by atoms with E-state index in [4.69, 9.17) is 10.00 Å². The molecule has 0 aliphatic rings. The summed E-state index contributed by atoms with van der Waals surface area (Å²) in [5, 5.41) is 7.69. The first-order valence-corrected chi connectivity index (χ1v) is 7.09. The summed E-state index contributed by atoms with van der Waals surface area (Å²) in [6.07, 6.45) is 1.89. The lowest BCUT2D eigenvalue weighted by Gasteiger charge is -2.09. The highest BCUT2D eigenvalue weighted by atomic mass is 32.2. The summed E-state index contributed by atoms with van der Waals surface area (Å²) in [4.78, 5) is 0. The molecule has 1 atom stereocenters. The van der Waals surface area contributed by atoms with Crippen molar-refractivity contribution in [3.05, 3.63) is 0 Å². The summed E-state index contributed by atoms with van der Waals surface area (Å²) in [5.41, 5.74) is 0. The van der Waals surface area contributed by atoms with Crippen molar-refractivity contribution >= 4 is 10.0 Å². The Labute approximate surface area is 97.8 Å². The van der Waals surface area contributed by atoms with Gasteiger partial charge in [-0.25, -0.2) is 13.1 Å². The van der Waals surface area contributed by atoms with Crippen molar-refractivity contribution in [2.24, 2.45) is 0 Å². The second-order valence-corrected chi connectivity index (χ2v) is 5.38. The van der Waals surface area contributed by atoms with Crippen LogP contribution in [0.15, 0.2) is 0 Å². The molecule has 0 rings (SSSR count). The van der Waals surface area contributed by atoms with E-state index in [1.807, 2.05) is 6.92 Å². The van der Waals surface area contributed by atoms with Crippen molar-refractivity contribution in [1.29, 1.82) is 5.26 Å². The SMILES string of the molecule is CCCOCCCNS(=O)(=O)C(C#N)CC. The van der Waals surface area contributed by atoms with Gasteiger partial charge in [0, 0.05) is 19.8 Å². The summed E-state index contributed by atoms with van der Waals surface area (Å²) in [7, 11) is -3.48. The van der Waals surface area contributed by atoms with Crippen LogP contribution in [0.2, 0.25) is 0 Å². The largest absolute Gasteiger partial charge is 0.381 e. The Morgan fingerprint density at radius 2 is 2.06 bits per heavy atom. The minimum Gasteiger partial charge on any atom is -0.381 e. The Hall–Kier alpha value is -0.640. The van der Waals surface area contributed by atoms with Crippen LogP contribution in [0.4, 0.5) is 0 Å². The molecule has 16 heavy (non-hydrogen) atoms. The molecule has 0 aromatic rings. The van der Waals surface area contributed by atoms with Crippen LogP contribution in [0.3, 0.4) is 0 Å².